The van der Waals surface area contributed by atoms with E-state index in [0.29, 0.717) is 12.3 Å². The number of amides is 1. The van der Waals surface area contributed by atoms with Gasteiger partial charge in [0.2, 0.25) is 0 Å². The minimum Gasteiger partial charge on any atom is -0.481 e. The van der Waals surface area contributed by atoms with Gasteiger partial charge in [0.15, 0.2) is 6.10 Å². The highest BCUT2D eigenvalue weighted by Crippen LogP contribution is 2.17. The van der Waals surface area contributed by atoms with E-state index >= 15 is 0 Å². The molecule has 0 bridgehead atoms. The molecule has 2 rings (SSSR count). The lowest BCUT2D eigenvalue weighted by molar-refractivity contribution is -0.872. The van der Waals surface area contributed by atoms with Crippen LogP contribution in [0.25, 0.3) is 0 Å². The number of hydrogen-bond donors (Lipinski definition) is 2. The van der Waals surface area contributed by atoms with Crippen molar-refractivity contribution in [1.29, 1.82) is 0 Å². The minimum atomic E-state index is -0.544. The maximum Gasteiger partial charge on any atom is 0.261 e. The molecule has 1 atom stereocenters. The maximum absolute atomic E-state index is 12.3. The molecule has 0 unspecified atom stereocenters. The molecule has 0 spiro atoms. The molecule has 0 heterocycles. The number of quaternary nitrogens is 1. The van der Waals surface area contributed by atoms with Gasteiger partial charge < -0.3 is 15.0 Å². The van der Waals surface area contributed by atoms with Crippen LogP contribution in [0.1, 0.15) is 18.1 Å². The molecule has 24 heavy (non-hydrogen) atoms. The van der Waals surface area contributed by atoms with Crippen LogP contribution in [0.3, 0.4) is 0 Å². The second-order valence-corrected chi connectivity index (χ2v) is 7.00. The van der Waals surface area contributed by atoms with E-state index in [2.05, 4.69) is 47.5 Å². The molecule has 0 saturated carbocycles. The molecule has 0 aliphatic rings. The normalized spacial score (nSPS) is 12.0. The van der Waals surface area contributed by atoms with Crippen molar-refractivity contribution in [2.45, 2.75) is 26.1 Å². The summed E-state index contributed by atoms with van der Waals surface area (Å²) in [4.78, 5) is 13.6. The van der Waals surface area contributed by atoms with Crippen molar-refractivity contribution in [2.75, 3.05) is 14.1 Å². The van der Waals surface area contributed by atoms with Crippen LogP contribution < -0.4 is 15.0 Å². The largest absolute Gasteiger partial charge is 0.481 e. The van der Waals surface area contributed by atoms with Crippen LogP contribution in [0.15, 0.2) is 53.0 Å². The zero-order valence-corrected chi connectivity index (χ0v) is 15.9. The molecule has 2 aromatic carbocycles. The molecule has 0 radical (unpaired) electrons. The number of ether oxygens (including phenoxy) is 1. The number of halogens is 1. The van der Waals surface area contributed by atoms with Gasteiger partial charge >= 0.3 is 0 Å². The number of carbonyl (C=O) groups excluding carboxylic acids is 1. The Labute approximate surface area is 151 Å². The lowest BCUT2D eigenvalue weighted by Gasteiger charge is -2.16. The van der Waals surface area contributed by atoms with Gasteiger partial charge in [-0.3, -0.25) is 4.79 Å². The van der Waals surface area contributed by atoms with Gasteiger partial charge in [-0.15, -0.1) is 0 Å². The Morgan fingerprint density at radius 2 is 1.75 bits per heavy atom. The highest BCUT2D eigenvalue weighted by molar-refractivity contribution is 9.10. The van der Waals surface area contributed by atoms with Crippen molar-refractivity contribution in [2.24, 2.45) is 0 Å². The average molecular weight is 392 g/mol. The monoisotopic (exact) mass is 391 g/mol. The predicted octanol–water partition coefficient (Wildman–Crippen LogP) is 2.18. The van der Waals surface area contributed by atoms with Crippen molar-refractivity contribution in [3.8, 4) is 5.75 Å². The van der Waals surface area contributed by atoms with Gasteiger partial charge in [0.25, 0.3) is 5.91 Å². The zero-order valence-electron chi connectivity index (χ0n) is 14.3. The fourth-order valence-corrected chi connectivity index (χ4v) is 2.64. The van der Waals surface area contributed by atoms with Gasteiger partial charge in [-0.05, 0) is 36.8 Å². The molecule has 0 aromatic heterocycles. The fourth-order valence-electron chi connectivity index (χ4n) is 2.38. The van der Waals surface area contributed by atoms with Crippen molar-refractivity contribution in [1.82, 2.24) is 5.32 Å². The van der Waals surface area contributed by atoms with Crippen molar-refractivity contribution >= 4 is 21.8 Å². The molecule has 0 aliphatic heterocycles. The minimum absolute atomic E-state index is 0.120. The quantitative estimate of drug-likeness (QED) is 0.759. The third kappa shape index (κ3) is 5.65. The second kappa shape index (κ2) is 8.85. The van der Waals surface area contributed by atoms with Gasteiger partial charge in [-0.25, -0.2) is 0 Å². The Kier molecular flexibility index (Phi) is 6.82. The summed E-state index contributed by atoms with van der Waals surface area (Å²) < 4.78 is 6.66. The first kappa shape index (κ1) is 18.5. The summed E-state index contributed by atoms with van der Waals surface area (Å²) in [5.74, 6) is 0.558. The molecule has 0 fully saturated rings. The van der Waals surface area contributed by atoms with Gasteiger partial charge in [0, 0.05) is 16.6 Å². The van der Waals surface area contributed by atoms with E-state index in [-0.39, 0.29) is 5.91 Å². The molecule has 128 valence electrons. The lowest BCUT2D eigenvalue weighted by atomic mass is 10.1. The SMILES string of the molecule is C[C@@H](Oc1ccc(Br)cc1)C(=O)NCc1ccccc1C[NH+](C)C. The van der Waals surface area contributed by atoms with Crippen LogP contribution in [0.2, 0.25) is 0 Å². The third-order valence-corrected chi connectivity index (χ3v) is 4.14. The van der Waals surface area contributed by atoms with Gasteiger partial charge in [-0.2, -0.15) is 0 Å². The van der Waals surface area contributed by atoms with Gasteiger partial charge in [0.05, 0.1) is 14.1 Å². The molecule has 2 aromatic rings. The smallest absolute Gasteiger partial charge is 0.261 e. The zero-order chi connectivity index (χ0) is 17.5. The molecule has 4 nitrogen and oxygen atoms in total. The van der Waals surface area contributed by atoms with E-state index in [0.717, 1.165) is 16.6 Å². The van der Waals surface area contributed by atoms with Crippen molar-refractivity contribution in [3.63, 3.8) is 0 Å². The topological polar surface area (TPSA) is 42.8 Å². The molecule has 5 heteroatoms. The standard InChI is InChI=1S/C19H23BrN2O2/c1-14(24-18-10-8-17(20)9-11-18)19(23)21-12-15-6-4-5-7-16(15)13-22(2)3/h4-11,14H,12-13H2,1-3H3,(H,21,23)/p+1/t14-/m1/s1. The van der Waals surface area contributed by atoms with Gasteiger partial charge in [-0.1, -0.05) is 40.2 Å². The summed E-state index contributed by atoms with van der Waals surface area (Å²) in [6.07, 6.45) is -0.544. The molecular weight excluding hydrogens is 368 g/mol. The predicted molar refractivity (Wildman–Crippen MR) is 99.0 cm³/mol. The summed E-state index contributed by atoms with van der Waals surface area (Å²) in [6.45, 7) is 3.20. The number of benzene rings is 2. The van der Waals surface area contributed by atoms with E-state index in [4.69, 9.17) is 4.74 Å². The average Bonchev–Trinajstić information content (AvgIpc) is 2.55. The van der Waals surface area contributed by atoms with Crippen LogP contribution in [-0.2, 0) is 17.9 Å². The summed E-state index contributed by atoms with van der Waals surface area (Å²) >= 11 is 3.38. The fraction of sp³-hybridized carbons (Fsp3) is 0.316. The number of hydrogen-bond acceptors (Lipinski definition) is 2. The van der Waals surface area contributed by atoms with Crippen molar-refractivity contribution in [3.05, 3.63) is 64.1 Å². The van der Waals surface area contributed by atoms with Crippen LogP contribution in [0.5, 0.6) is 5.75 Å². The molecule has 2 N–H and O–H groups in total. The molecular formula is C19H24BrN2O2+. The Morgan fingerprint density at radius 1 is 1.12 bits per heavy atom. The first-order chi connectivity index (χ1) is 11.5. The second-order valence-electron chi connectivity index (χ2n) is 6.08. The highest BCUT2D eigenvalue weighted by atomic mass is 79.9. The van der Waals surface area contributed by atoms with E-state index in [1.54, 1.807) is 6.92 Å². The number of rotatable bonds is 7. The summed E-state index contributed by atoms with van der Waals surface area (Å²) in [6, 6.07) is 15.6. The lowest BCUT2D eigenvalue weighted by Crippen LogP contribution is -3.04. The Hall–Kier alpha value is -1.85. The molecule has 1 amide bonds. The van der Waals surface area contributed by atoms with Crippen molar-refractivity contribution < 1.29 is 14.4 Å². The van der Waals surface area contributed by atoms with E-state index in [9.17, 15) is 4.79 Å². The summed E-state index contributed by atoms with van der Waals surface area (Å²) in [5, 5.41) is 2.96. The van der Waals surface area contributed by atoms with Crippen LogP contribution in [0.4, 0.5) is 0 Å². The third-order valence-electron chi connectivity index (χ3n) is 3.61. The molecule has 0 aliphatic carbocycles. The van der Waals surface area contributed by atoms with E-state index < -0.39 is 6.10 Å². The Bertz CT molecular complexity index is 671. The highest BCUT2D eigenvalue weighted by Gasteiger charge is 2.15. The van der Waals surface area contributed by atoms with E-state index in [1.807, 2.05) is 36.4 Å². The Balaban J connectivity index is 1.91. The van der Waals surface area contributed by atoms with Crippen LogP contribution in [-0.4, -0.2) is 26.1 Å². The molecule has 0 saturated heterocycles. The van der Waals surface area contributed by atoms with E-state index in [1.165, 1.54) is 10.5 Å². The Morgan fingerprint density at radius 3 is 2.38 bits per heavy atom. The van der Waals surface area contributed by atoms with Gasteiger partial charge in [0.1, 0.15) is 12.3 Å². The number of carbonyl (C=O) groups is 1. The maximum atomic E-state index is 12.3. The van der Waals surface area contributed by atoms with Crippen LogP contribution in [0, 0.1) is 0 Å². The first-order valence-corrected chi connectivity index (χ1v) is 8.80. The number of nitrogens with one attached hydrogen (secondary N) is 2. The summed E-state index contributed by atoms with van der Waals surface area (Å²) in [5.41, 5.74) is 2.39. The summed E-state index contributed by atoms with van der Waals surface area (Å²) in [7, 11) is 4.23. The first-order valence-electron chi connectivity index (χ1n) is 8.01. The van der Waals surface area contributed by atoms with Crippen LogP contribution >= 0.6 is 15.9 Å².